The van der Waals surface area contributed by atoms with Crippen LogP contribution >= 0.6 is 11.8 Å². The first-order valence-corrected chi connectivity index (χ1v) is 7.11. The summed E-state index contributed by atoms with van der Waals surface area (Å²) in [5.74, 6) is 0.315. The van der Waals surface area contributed by atoms with Crippen LogP contribution in [0.1, 0.15) is 5.69 Å². The number of nitrogen functional groups attached to an aromatic ring is 1. The molecule has 2 rings (SSSR count). The molecule has 1 aromatic heterocycles. The van der Waals surface area contributed by atoms with Crippen LogP contribution in [-0.2, 0) is 12.7 Å². The van der Waals surface area contributed by atoms with Gasteiger partial charge in [-0.25, -0.2) is 0 Å². The number of para-hydroxylation sites is 1. The number of rotatable bonds is 5. The van der Waals surface area contributed by atoms with Gasteiger partial charge in [-0.2, -0.15) is 18.3 Å². The molecule has 114 valence electrons. The van der Waals surface area contributed by atoms with Crippen LogP contribution in [0.2, 0.25) is 0 Å². The highest BCUT2D eigenvalue weighted by atomic mass is 32.2. The Bertz CT molecular complexity index is 600. The maximum atomic E-state index is 12.4. The average molecular weight is 317 g/mol. The number of aliphatic hydroxyl groups excluding tert-OH is 1. The fraction of sp³-hybridized carbons (Fsp3) is 0.308. The summed E-state index contributed by atoms with van der Waals surface area (Å²) in [6.45, 7) is -0.00415. The Hall–Kier alpha value is -1.67. The number of halogens is 3. The van der Waals surface area contributed by atoms with Crippen LogP contribution < -0.4 is 5.73 Å². The van der Waals surface area contributed by atoms with Crippen molar-refractivity contribution in [3.05, 3.63) is 42.2 Å². The first-order chi connectivity index (χ1) is 9.86. The standard InChI is InChI=1S/C13H14F3N3OS/c14-13(15,16)12-5-6-19(18-12)7-9(20)8-21-11-4-2-1-3-10(11)17/h1-6,9,20H,7-8,17H2/t9-/m0/s1. The number of hydrogen-bond acceptors (Lipinski definition) is 4. The van der Waals surface area contributed by atoms with Crippen molar-refractivity contribution in [1.82, 2.24) is 9.78 Å². The maximum Gasteiger partial charge on any atom is 0.435 e. The number of nitrogens with two attached hydrogens (primary N) is 1. The molecule has 0 radical (unpaired) electrons. The van der Waals surface area contributed by atoms with Crippen LogP contribution in [0.4, 0.5) is 18.9 Å². The second-order valence-electron chi connectivity index (χ2n) is 4.42. The Morgan fingerprint density at radius 1 is 1.29 bits per heavy atom. The van der Waals surface area contributed by atoms with Crippen molar-refractivity contribution in [2.75, 3.05) is 11.5 Å². The highest BCUT2D eigenvalue weighted by molar-refractivity contribution is 7.99. The van der Waals surface area contributed by atoms with Crippen molar-refractivity contribution >= 4 is 17.4 Å². The number of nitrogens with zero attached hydrogens (tertiary/aromatic N) is 2. The Morgan fingerprint density at radius 2 is 2.00 bits per heavy atom. The van der Waals surface area contributed by atoms with Crippen molar-refractivity contribution in [1.29, 1.82) is 0 Å². The molecule has 0 aliphatic rings. The Kier molecular flexibility index (Phi) is 4.79. The molecule has 0 saturated carbocycles. The molecule has 21 heavy (non-hydrogen) atoms. The fourth-order valence-corrected chi connectivity index (χ4v) is 2.57. The number of alkyl halides is 3. The molecule has 1 aromatic carbocycles. The summed E-state index contributed by atoms with van der Waals surface area (Å²) in [5.41, 5.74) is 5.41. The topological polar surface area (TPSA) is 64.1 Å². The number of anilines is 1. The zero-order valence-corrected chi connectivity index (χ0v) is 11.7. The van der Waals surface area contributed by atoms with Crippen LogP contribution in [0, 0.1) is 0 Å². The molecular weight excluding hydrogens is 303 g/mol. The lowest BCUT2D eigenvalue weighted by molar-refractivity contribution is -0.141. The molecule has 1 heterocycles. The Balaban J connectivity index is 1.89. The number of aliphatic hydroxyl groups is 1. The molecule has 0 spiro atoms. The van der Waals surface area contributed by atoms with Crippen molar-refractivity contribution in [3.8, 4) is 0 Å². The van der Waals surface area contributed by atoms with E-state index in [4.69, 9.17) is 5.73 Å². The van der Waals surface area contributed by atoms with Gasteiger partial charge in [-0.1, -0.05) is 12.1 Å². The fourth-order valence-electron chi connectivity index (χ4n) is 1.68. The van der Waals surface area contributed by atoms with E-state index in [2.05, 4.69) is 5.10 Å². The van der Waals surface area contributed by atoms with Gasteiger partial charge in [-0.15, -0.1) is 11.8 Å². The first-order valence-electron chi connectivity index (χ1n) is 6.12. The molecule has 3 N–H and O–H groups in total. The number of hydrogen-bond donors (Lipinski definition) is 2. The summed E-state index contributed by atoms with van der Waals surface area (Å²) in [4.78, 5) is 0.827. The van der Waals surface area contributed by atoms with Crippen molar-refractivity contribution in [2.24, 2.45) is 0 Å². The molecule has 1 atom stereocenters. The SMILES string of the molecule is Nc1ccccc1SC[C@@H](O)Cn1ccc(C(F)(F)F)n1. The summed E-state index contributed by atoms with van der Waals surface area (Å²) < 4.78 is 38.3. The minimum atomic E-state index is -4.47. The van der Waals surface area contributed by atoms with Crippen molar-refractivity contribution < 1.29 is 18.3 Å². The molecule has 0 unspecified atom stereocenters. The lowest BCUT2D eigenvalue weighted by Crippen LogP contribution is -2.19. The third-order valence-electron chi connectivity index (χ3n) is 2.68. The molecule has 0 saturated heterocycles. The van der Waals surface area contributed by atoms with Crippen molar-refractivity contribution in [3.63, 3.8) is 0 Å². The summed E-state index contributed by atoms with van der Waals surface area (Å²) in [6.07, 6.45) is -4.09. The van der Waals surface area contributed by atoms with Gasteiger partial charge in [0.25, 0.3) is 0 Å². The van der Waals surface area contributed by atoms with Crippen LogP contribution in [0.15, 0.2) is 41.4 Å². The van der Waals surface area contributed by atoms with Crippen LogP contribution in [-0.4, -0.2) is 26.7 Å². The van der Waals surface area contributed by atoms with Gasteiger partial charge in [0.05, 0.1) is 12.6 Å². The van der Waals surface area contributed by atoms with Gasteiger partial charge in [0, 0.05) is 22.5 Å². The number of thioether (sulfide) groups is 1. The zero-order chi connectivity index (χ0) is 15.5. The van der Waals surface area contributed by atoms with E-state index < -0.39 is 18.0 Å². The minimum absolute atomic E-state index is 0.00415. The summed E-state index contributed by atoms with van der Waals surface area (Å²) in [7, 11) is 0. The highest BCUT2D eigenvalue weighted by Crippen LogP contribution is 2.28. The van der Waals surface area contributed by atoms with Crippen LogP contribution in [0.5, 0.6) is 0 Å². The molecule has 0 aliphatic heterocycles. The molecule has 2 aromatic rings. The molecular formula is C13H14F3N3OS. The second kappa shape index (κ2) is 6.40. The van der Waals surface area contributed by atoms with Gasteiger partial charge >= 0.3 is 6.18 Å². The minimum Gasteiger partial charge on any atom is -0.398 e. The highest BCUT2D eigenvalue weighted by Gasteiger charge is 2.33. The second-order valence-corrected chi connectivity index (χ2v) is 5.49. The predicted octanol–water partition coefficient (Wildman–Crippen LogP) is 2.64. The van der Waals surface area contributed by atoms with Gasteiger partial charge < -0.3 is 10.8 Å². The zero-order valence-electron chi connectivity index (χ0n) is 10.9. The average Bonchev–Trinajstić information content (AvgIpc) is 2.86. The van der Waals surface area contributed by atoms with Gasteiger partial charge in [-0.05, 0) is 18.2 Å². The lowest BCUT2D eigenvalue weighted by Gasteiger charge is -2.11. The van der Waals surface area contributed by atoms with Crippen molar-refractivity contribution in [2.45, 2.75) is 23.7 Å². The Labute approximate surface area is 123 Å². The van der Waals surface area contributed by atoms with Crippen LogP contribution in [0.3, 0.4) is 0 Å². The largest absolute Gasteiger partial charge is 0.435 e. The molecule has 4 nitrogen and oxygen atoms in total. The monoisotopic (exact) mass is 317 g/mol. The molecule has 0 amide bonds. The normalized spacial score (nSPS) is 13.3. The van der Waals surface area contributed by atoms with E-state index in [1.54, 1.807) is 12.1 Å². The van der Waals surface area contributed by atoms with E-state index in [-0.39, 0.29) is 6.54 Å². The van der Waals surface area contributed by atoms with E-state index in [0.29, 0.717) is 11.4 Å². The van der Waals surface area contributed by atoms with Gasteiger partial charge in [-0.3, -0.25) is 4.68 Å². The van der Waals surface area contributed by atoms with Gasteiger partial charge in [0.1, 0.15) is 0 Å². The number of benzene rings is 1. The molecule has 8 heteroatoms. The van der Waals surface area contributed by atoms with Crippen LogP contribution in [0.25, 0.3) is 0 Å². The molecule has 0 bridgehead atoms. The summed E-state index contributed by atoms with van der Waals surface area (Å²) in [5, 5.41) is 13.3. The molecule has 0 aliphatic carbocycles. The smallest absolute Gasteiger partial charge is 0.398 e. The van der Waals surface area contributed by atoms with Gasteiger partial charge in [0.15, 0.2) is 5.69 Å². The predicted molar refractivity (Wildman–Crippen MR) is 74.8 cm³/mol. The van der Waals surface area contributed by atoms with E-state index >= 15 is 0 Å². The quantitative estimate of drug-likeness (QED) is 0.657. The lowest BCUT2D eigenvalue weighted by atomic mass is 10.3. The van der Waals surface area contributed by atoms with E-state index in [1.807, 2.05) is 12.1 Å². The van der Waals surface area contributed by atoms with E-state index in [0.717, 1.165) is 15.6 Å². The maximum absolute atomic E-state index is 12.4. The van der Waals surface area contributed by atoms with Gasteiger partial charge in [0.2, 0.25) is 0 Å². The summed E-state index contributed by atoms with van der Waals surface area (Å²) >= 11 is 1.35. The number of aromatic nitrogens is 2. The van der Waals surface area contributed by atoms with E-state index in [9.17, 15) is 18.3 Å². The molecule has 0 fully saturated rings. The summed E-state index contributed by atoms with van der Waals surface area (Å²) in [6, 6.07) is 8.08. The first kappa shape index (κ1) is 15.7. The Morgan fingerprint density at radius 3 is 2.62 bits per heavy atom. The third kappa shape index (κ3) is 4.40. The third-order valence-corrected chi connectivity index (χ3v) is 3.91. The van der Waals surface area contributed by atoms with E-state index in [1.165, 1.54) is 18.0 Å².